The van der Waals surface area contributed by atoms with Crippen molar-refractivity contribution in [2.75, 3.05) is 13.1 Å². The van der Waals surface area contributed by atoms with E-state index in [1.54, 1.807) is 4.90 Å². The van der Waals surface area contributed by atoms with Crippen molar-refractivity contribution < 1.29 is 22.7 Å². The molecule has 35 heavy (non-hydrogen) atoms. The molecule has 2 fully saturated rings. The van der Waals surface area contributed by atoms with Gasteiger partial charge in [-0.1, -0.05) is 6.92 Å². The number of carbonyl (C=O) groups is 1. The molecule has 194 valence electrons. The topological polar surface area (TPSA) is 59.7 Å². The highest BCUT2D eigenvalue weighted by Crippen LogP contribution is 2.43. The fourth-order valence-electron chi connectivity index (χ4n) is 5.51. The third-order valence-corrected chi connectivity index (χ3v) is 7.72. The number of ether oxygens (including phenoxy) is 1. The maximum atomic E-state index is 13.1. The van der Waals surface area contributed by atoms with E-state index in [1.807, 2.05) is 45.2 Å². The van der Waals surface area contributed by atoms with Crippen LogP contribution in [-0.2, 0) is 4.74 Å². The quantitative estimate of drug-likeness (QED) is 0.475. The Morgan fingerprint density at radius 2 is 1.74 bits per heavy atom. The zero-order valence-corrected chi connectivity index (χ0v) is 21.6. The van der Waals surface area contributed by atoms with Crippen LogP contribution in [0.2, 0.25) is 0 Å². The van der Waals surface area contributed by atoms with Crippen LogP contribution in [0.5, 0.6) is 0 Å². The lowest BCUT2D eigenvalue weighted by molar-refractivity contribution is -0.182. The van der Waals surface area contributed by atoms with Gasteiger partial charge in [0.15, 0.2) is 5.65 Å². The van der Waals surface area contributed by atoms with Gasteiger partial charge in [-0.25, -0.2) is 14.3 Å². The molecule has 1 amide bonds. The predicted molar refractivity (Wildman–Crippen MR) is 128 cm³/mol. The van der Waals surface area contributed by atoms with E-state index >= 15 is 0 Å². The number of aryl methyl sites for hydroxylation is 1. The van der Waals surface area contributed by atoms with E-state index in [2.05, 4.69) is 6.92 Å². The zero-order valence-electron chi connectivity index (χ0n) is 21.6. The summed E-state index contributed by atoms with van der Waals surface area (Å²) in [4.78, 5) is 19.3. The van der Waals surface area contributed by atoms with Gasteiger partial charge in [-0.2, -0.15) is 18.3 Å². The molecule has 0 spiro atoms. The van der Waals surface area contributed by atoms with Gasteiger partial charge in [0.2, 0.25) is 0 Å². The summed E-state index contributed by atoms with van der Waals surface area (Å²) in [5, 5.41) is 4.90. The third kappa shape index (κ3) is 5.43. The van der Waals surface area contributed by atoms with E-state index in [0.29, 0.717) is 31.8 Å². The van der Waals surface area contributed by atoms with Gasteiger partial charge in [0.25, 0.3) is 0 Å². The highest BCUT2D eigenvalue weighted by atomic mass is 19.4. The summed E-state index contributed by atoms with van der Waals surface area (Å²) in [6.45, 7) is 13.0. The van der Waals surface area contributed by atoms with Crippen molar-refractivity contribution in [3.8, 4) is 0 Å². The lowest BCUT2D eigenvalue weighted by Crippen LogP contribution is -2.45. The van der Waals surface area contributed by atoms with E-state index in [9.17, 15) is 18.0 Å². The molecule has 1 aliphatic heterocycles. The highest BCUT2D eigenvalue weighted by Gasteiger charge is 2.42. The maximum absolute atomic E-state index is 13.1. The van der Waals surface area contributed by atoms with Crippen molar-refractivity contribution in [2.24, 2.45) is 11.8 Å². The summed E-state index contributed by atoms with van der Waals surface area (Å²) in [7, 11) is 0. The molecule has 1 aliphatic carbocycles. The molecule has 0 radical (unpaired) electrons. The Kier molecular flexibility index (Phi) is 6.83. The van der Waals surface area contributed by atoms with Crippen molar-refractivity contribution in [3.05, 3.63) is 28.7 Å². The molecule has 2 aliphatic rings. The third-order valence-electron chi connectivity index (χ3n) is 7.72. The zero-order chi connectivity index (χ0) is 25.7. The van der Waals surface area contributed by atoms with E-state index in [-0.39, 0.29) is 30.8 Å². The van der Waals surface area contributed by atoms with E-state index < -0.39 is 17.7 Å². The number of carbonyl (C=O) groups excluding carboxylic acids is 1. The number of hydrogen-bond acceptors (Lipinski definition) is 4. The second-order valence-corrected chi connectivity index (χ2v) is 11.4. The van der Waals surface area contributed by atoms with Crippen molar-refractivity contribution in [1.82, 2.24) is 19.5 Å². The molecule has 2 aromatic heterocycles. The Morgan fingerprint density at radius 1 is 1.09 bits per heavy atom. The van der Waals surface area contributed by atoms with Crippen LogP contribution in [0.4, 0.5) is 18.0 Å². The Morgan fingerprint density at radius 3 is 2.34 bits per heavy atom. The predicted octanol–water partition coefficient (Wildman–Crippen LogP) is 6.54. The van der Waals surface area contributed by atoms with Gasteiger partial charge in [-0.3, -0.25) is 0 Å². The first kappa shape index (κ1) is 25.8. The second-order valence-electron chi connectivity index (χ2n) is 11.4. The molecule has 1 saturated carbocycles. The number of amides is 1. The average molecular weight is 495 g/mol. The summed E-state index contributed by atoms with van der Waals surface area (Å²) in [5.41, 5.74) is 3.95. The Hall–Kier alpha value is -2.32. The van der Waals surface area contributed by atoms with E-state index in [4.69, 9.17) is 14.8 Å². The minimum Gasteiger partial charge on any atom is -0.444 e. The molecular weight excluding hydrogens is 457 g/mol. The van der Waals surface area contributed by atoms with Gasteiger partial charge in [-0.15, -0.1) is 0 Å². The van der Waals surface area contributed by atoms with Gasteiger partial charge in [0, 0.05) is 36.7 Å². The number of hydrogen-bond donors (Lipinski definition) is 0. The van der Waals surface area contributed by atoms with Crippen LogP contribution in [0.15, 0.2) is 6.07 Å². The average Bonchev–Trinajstić information content (AvgIpc) is 3.17. The van der Waals surface area contributed by atoms with Crippen molar-refractivity contribution in [1.29, 1.82) is 0 Å². The highest BCUT2D eigenvalue weighted by molar-refractivity contribution is 5.68. The number of likely N-dealkylation sites (tertiary alicyclic amines) is 1. The monoisotopic (exact) mass is 494 g/mol. The molecule has 1 saturated heterocycles. The normalized spacial score (nSPS) is 26.3. The van der Waals surface area contributed by atoms with E-state index in [1.165, 1.54) is 0 Å². The van der Waals surface area contributed by atoms with Crippen LogP contribution in [0.1, 0.15) is 94.3 Å². The van der Waals surface area contributed by atoms with Gasteiger partial charge >= 0.3 is 12.3 Å². The van der Waals surface area contributed by atoms with Crippen LogP contribution >= 0.6 is 0 Å². The molecule has 9 heteroatoms. The fraction of sp³-hybridized carbons (Fsp3) is 0.731. The number of fused-ring (bicyclic) bond motifs is 1. The summed E-state index contributed by atoms with van der Waals surface area (Å²) in [6.07, 6.45) is -2.33. The minimum atomic E-state index is -4.12. The summed E-state index contributed by atoms with van der Waals surface area (Å²) in [5.74, 6) is -0.830. The van der Waals surface area contributed by atoms with Crippen LogP contribution in [0.3, 0.4) is 0 Å². The van der Waals surface area contributed by atoms with Gasteiger partial charge in [-0.05, 0) is 78.2 Å². The Labute approximate surface area is 205 Å². The van der Waals surface area contributed by atoms with Gasteiger partial charge in [0.05, 0.1) is 17.3 Å². The molecule has 6 nitrogen and oxygen atoms in total. The Balaban J connectivity index is 1.64. The van der Waals surface area contributed by atoms with Gasteiger partial charge < -0.3 is 9.64 Å². The number of rotatable bonds is 2. The Bertz CT molecular complexity index is 1080. The second kappa shape index (κ2) is 9.28. The molecule has 0 N–H and O–H groups in total. The number of aromatic nitrogens is 3. The van der Waals surface area contributed by atoms with Crippen molar-refractivity contribution in [3.63, 3.8) is 0 Å². The SMILES string of the molecule is Cc1nc2cc([C@H]3CC[C@H](C(F)(F)F)CC3)nn2c([C@H]2CN(C(=O)OC(C)(C)C)CC[C@H]2C)c1C. The fourth-order valence-corrected chi connectivity index (χ4v) is 5.51. The number of halogens is 3. The number of alkyl halides is 3. The van der Waals surface area contributed by atoms with Crippen LogP contribution in [0, 0.1) is 25.7 Å². The molecule has 0 bridgehead atoms. The van der Waals surface area contributed by atoms with Crippen LogP contribution < -0.4 is 0 Å². The molecular formula is C26H37F3N4O2. The lowest BCUT2D eigenvalue weighted by Gasteiger charge is -2.38. The first-order chi connectivity index (χ1) is 16.2. The summed E-state index contributed by atoms with van der Waals surface area (Å²) < 4.78 is 46.9. The number of piperidine rings is 1. The van der Waals surface area contributed by atoms with Crippen molar-refractivity contribution >= 4 is 11.7 Å². The first-order valence-electron chi connectivity index (χ1n) is 12.7. The number of nitrogens with zero attached hydrogens (tertiary/aromatic N) is 4. The smallest absolute Gasteiger partial charge is 0.410 e. The molecule has 2 aromatic rings. The maximum Gasteiger partial charge on any atom is 0.410 e. The van der Waals surface area contributed by atoms with Crippen LogP contribution in [0.25, 0.3) is 5.65 Å². The molecule has 0 unspecified atom stereocenters. The van der Waals surface area contributed by atoms with Crippen molar-refractivity contribution in [2.45, 2.75) is 97.3 Å². The summed E-state index contributed by atoms with van der Waals surface area (Å²) >= 11 is 0. The minimum absolute atomic E-state index is 0.00537. The summed E-state index contributed by atoms with van der Waals surface area (Å²) in [6, 6.07) is 1.94. The molecule has 3 heterocycles. The van der Waals surface area contributed by atoms with E-state index in [0.717, 1.165) is 34.7 Å². The molecule has 2 atom stereocenters. The first-order valence-corrected chi connectivity index (χ1v) is 12.7. The standard InChI is InChI=1S/C26H37F3N4O2/c1-15-11-12-32(24(34)35-25(4,5)6)14-20(15)23-16(2)17(3)30-22-13-21(31-33(22)23)18-7-9-19(10-8-18)26(27,28)29/h13,15,18-20H,7-12,14H2,1-6H3/t15-,18-,19-,20+/m1/s1. The van der Waals surface area contributed by atoms with Crippen LogP contribution in [-0.4, -0.2) is 50.5 Å². The molecule has 4 rings (SSSR count). The molecule has 0 aromatic carbocycles. The van der Waals surface area contributed by atoms with Gasteiger partial charge in [0.1, 0.15) is 5.60 Å². The lowest BCUT2D eigenvalue weighted by atomic mass is 9.80. The largest absolute Gasteiger partial charge is 0.444 e.